The molecular weight excluding hydrogens is 308 g/mol. The maximum atomic E-state index is 8.77. The van der Waals surface area contributed by atoms with Gasteiger partial charge in [-0.1, -0.05) is 17.3 Å². The number of aliphatic hydroxyl groups is 1. The number of nitrogens with two attached hydrogens (primary N) is 2. The molecular formula is C15H16N8O. The molecule has 3 rings (SSSR count). The standard InChI is InChI=1S/C15H16N8O/c16-7-11(8-18-5-6-24)10-1-3-12(4-2-10)23-14-13(21-22-23)9-19-15(17)20-14/h1-4,7-9,24H,5-6,16H2,(H2,17,19,20). The summed E-state index contributed by atoms with van der Waals surface area (Å²) in [6.45, 7) is 0.332. The summed E-state index contributed by atoms with van der Waals surface area (Å²) in [6.07, 6.45) is 4.63. The predicted molar refractivity (Wildman–Crippen MR) is 91.5 cm³/mol. The number of hydrogen-bond donors (Lipinski definition) is 3. The average Bonchev–Trinajstić information content (AvgIpc) is 3.02. The van der Waals surface area contributed by atoms with Gasteiger partial charge in [0.2, 0.25) is 5.95 Å². The number of aromatic nitrogens is 5. The van der Waals surface area contributed by atoms with Gasteiger partial charge in [-0.05, 0) is 17.7 Å². The van der Waals surface area contributed by atoms with Crippen LogP contribution < -0.4 is 11.5 Å². The van der Waals surface area contributed by atoms with Crippen LogP contribution in [0.2, 0.25) is 0 Å². The number of rotatable bonds is 5. The quantitative estimate of drug-likeness (QED) is 0.567. The molecule has 0 fully saturated rings. The Morgan fingerprint density at radius 1 is 1.29 bits per heavy atom. The number of allylic oxidation sites excluding steroid dienone is 1. The second-order valence-corrected chi connectivity index (χ2v) is 4.87. The summed E-state index contributed by atoms with van der Waals surface area (Å²) < 4.78 is 1.59. The third-order valence-electron chi connectivity index (χ3n) is 3.30. The van der Waals surface area contributed by atoms with Crippen molar-refractivity contribution in [2.45, 2.75) is 0 Å². The first-order chi connectivity index (χ1) is 11.7. The first-order valence-corrected chi connectivity index (χ1v) is 7.20. The van der Waals surface area contributed by atoms with Gasteiger partial charge in [-0.3, -0.25) is 4.99 Å². The Morgan fingerprint density at radius 3 is 2.79 bits per heavy atom. The molecule has 0 bridgehead atoms. The van der Waals surface area contributed by atoms with Gasteiger partial charge in [0.25, 0.3) is 0 Å². The van der Waals surface area contributed by atoms with Crippen molar-refractivity contribution < 1.29 is 5.11 Å². The molecule has 0 amide bonds. The van der Waals surface area contributed by atoms with Gasteiger partial charge < -0.3 is 16.6 Å². The maximum absolute atomic E-state index is 8.77. The van der Waals surface area contributed by atoms with E-state index in [-0.39, 0.29) is 12.6 Å². The molecule has 2 heterocycles. The van der Waals surface area contributed by atoms with Gasteiger partial charge in [0.1, 0.15) is 0 Å². The minimum Gasteiger partial charge on any atom is -0.404 e. The fourth-order valence-electron chi connectivity index (χ4n) is 2.14. The molecule has 122 valence electrons. The van der Waals surface area contributed by atoms with Gasteiger partial charge in [-0.15, -0.1) is 5.10 Å². The van der Waals surface area contributed by atoms with Crippen molar-refractivity contribution >= 4 is 28.9 Å². The Kier molecular flexibility index (Phi) is 4.43. The number of aliphatic imine (C=N–C) groups is 1. The van der Waals surface area contributed by atoms with Crippen LogP contribution in [-0.2, 0) is 0 Å². The molecule has 3 aromatic rings. The summed E-state index contributed by atoms with van der Waals surface area (Å²) >= 11 is 0. The van der Waals surface area contributed by atoms with Crippen LogP contribution >= 0.6 is 0 Å². The summed E-state index contributed by atoms with van der Waals surface area (Å²) in [4.78, 5) is 12.1. The van der Waals surface area contributed by atoms with Gasteiger partial charge in [0.15, 0.2) is 11.2 Å². The van der Waals surface area contributed by atoms with Crippen LogP contribution in [0.1, 0.15) is 5.56 Å². The Hall–Kier alpha value is -3.33. The third-order valence-corrected chi connectivity index (χ3v) is 3.30. The monoisotopic (exact) mass is 324 g/mol. The molecule has 5 N–H and O–H groups in total. The Morgan fingerprint density at radius 2 is 2.08 bits per heavy atom. The molecule has 9 nitrogen and oxygen atoms in total. The van der Waals surface area contributed by atoms with Crippen molar-refractivity contribution in [3.8, 4) is 5.69 Å². The van der Waals surface area contributed by atoms with E-state index >= 15 is 0 Å². The van der Waals surface area contributed by atoms with E-state index in [0.29, 0.717) is 17.7 Å². The summed E-state index contributed by atoms with van der Waals surface area (Å²) in [5.41, 5.74) is 14.8. The molecule has 9 heteroatoms. The lowest BCUT2D eigenvalue weighted by Crippen LogP contribution is -2.01. The van der Waals surface area contributed by atoms with Gasteiger partial charge in [-0.2, -0.15) is 9.67 Å². The molecule has 0 unspecified atom stereocenters. The van der Waals surface area contributed by atoms with Crippen LogP contribution in [0.4, 0.5) is 5.95 Å². The molecule has 0 saturated carbocycles. The van der Waals surface area contributed by atoms with E-state index in [1.54, 1.807) is 10.9 Å². The van der Waals surface area contributed by atoms with Crippen molar-refractivity contribution in [1.29, 1.82) is 0 Å². The van der Waals surface area contributed by atoms with E-state index in [1.807, 2.05) is 24.3 Å². The van der Waals surface area contributed by atoms with Crippen LogP contribution in [0.25, 0.3) is 22.4 Å². The Labute approximate surface area is 137 Å². The molecule has 0 atom stereocenters. The van der Waals surface area contributed by atoms with Crippen molar-refractivity contribution in [3.05, 3.63) is 42.2 Å². The number of anilines is 1. The van der Waals surface area contributed by atoms with Crippen LogP contribution in [0.3, 0.4) is 0 Å². The van der Waals surface area contributed by atoms with Gasteiger partial charge in [0, 0.05) is 18.0 Å². The summed E-state index contributed by atoms with van der Waals surface area (Å²) in [7, 11) is 0. The highest BCUT2D eigenvalue weighted by atomic mass is 16.3. The summed E-state index contributed by atoms with van der Waals surface area (Å²) in [6, 6.07) is 7.50. The molecule has 0 aliphatic carbocycles. The van der Waals surface area contributed by atoms with Crippen molar-refractivity contribution in [2.24, 2.45) is 10.7 Å². The molecule has 24 heavy (non-hydrogen) atoms. The fraction of sp³-hybridized carbons (Fsp3) is 0.133. The second-order valence-electron chi connectivity index (χ2n) is 4.87. The molecule has 1 aromatic carbocycles. The van der Waals surface area contributed by atoms with Crippen LogP contribution in [0.15, 0.2) is 41.7 Å². The lowest BCUT2D eigenvalue weighted by atomic mass is 10.1. The van der Waals surface area contributed by atoms with E-state index in [2.05, 4.69) is 25.3 Å². The van der Waals surface area contributed by atoms with Crippen molar-refractivity contribution in [3.63, 3.8) is 0 Å². The normalized spacial score (nSPS) is 12.3. The zero-order valence-corrected chi connectivity index (χ0v) is 12.7. The minimum absolute atomic E-state index is 0.00233. The zero-order chi connectivity index (χ0) is 16.9. The largest absolute Gasteiger partial charge is 0.404 e. The average molecular weight is 324 g/mol. The lowest BCUT2D eigenvalue weighted by molar-refractivity contribution is 0.307. The molecule has 0 aliphatic heterocycles. The number of benzene rings is 1. The molecule has 0 spiro atoms. The van der Waals surface area contributed by atoms with E-state index in [9.17, 15) is 0 Å². The SMILES string of the molecule is NC=C(C=NCCO)c1ccc(-n2nnc3cnc(N)nc32)cc1. The number of hydrogen-bond acceptors (Lipinski definition) is 8. The number of nitrogen functional groups attached to an aromatic ring is 1. The third kappa shape index (κ3) is 3.06. The number of fused-ring (bicyclic) bond motifs is 1. The predicted octanol–water partition coefficient (Wildman–Crippen LogP) is 0.155. The Bertz CT molecular complexity index is 897. The highest BCUT2D eigenvalue weighted by Gasteiger charge is 2.09. The van der Waals surface area contributed by atoms with E-state index in [4.69, 9.17) is 16.6 Å². The fourth-order valence-corrected chi connectivity index (χ4v) is 2.14. The first-order valence-electron chi connectivity index (χ1n) is 7.20. The minimum atomic E-state index is -0.00233. The zero-order valence-electron chi connectivity index (χ0n) is 12.7. The van der Waals surface area contributed by atoms with Crippen molar-refractivity contribution in [2.75, 3.05) is 18.9 Å². The van der Waals surface area contributed by atoms with E-state index in [1.165, 1.54) is 12.4 Å². The van der Waals surface area contributed by atoms with Crippen molar-refractivity contribution in [1.82, 2.24) is 25.0 Å². The molecule has 0 radical (unpaired) electrons. The Balaban J connectivity index is 1.92. The molecule has 0 aliphatic rings. The van der Waals surface area contributed by atoms with Gasteiger partial charge in [0.05, 0.1) is 25.0 Å². The number of nitrogens with zero attached hydrogens (tertiary/aromatic N) is 6. The smallest absolute Gasteiger partial charge is 0.222 e. The van der Waals surface area contributed by atoms with Crippen LogP contribution in [0.5, 0.6) is 0 Å². The van der Waals surface area contributed by atoms with E-state index in [0.717, 1.165) is 16.8 Å². The maximum Gasteiger partial charge on any atom is 0.222 e. The number of aliphatic hydroxyl groups excluding tert-OH is 1. The van der Waals surface area contributed by atoms with Gasteiger partial charge >= 0.3 is 0 Å². The molecule has 2 aromatic heterocycles. The first kappa shape index (κ1) is 15.6. The summed E-state index contributed by atoms with van der Waals surface area (Å²) in [5.74, 6) is 0.163. The van der Waals surface area contributed by atoms with Crippen LogP contribution in [0, 0.1) is 0 Å². The van der Waals surface area contributed by atoms with E-state index < -0.39 is 0 Å². The highest BCUT2D eigenvalue weighted by molar-refractivity contribution is 6.09. The lowest BCUT2D eigenvalue weighted by Gasteiger charge is -2.05. The molecule has 0 saturated heterocycles. The van der Waals surface area contributed by atoms with Gasteiger partial charge in [-0.25, -0.2) is 4.98 Å². The highest BCUT2D eigenvalue weighted by Crippen LogP contribution is 2.18. The second kappa shape index (κ2) is 6.84. The van der Waals surface area contributed by atoms with Crippen LogP contribution in [-0.4, -0.2) is 49.4 Å². The summed E-state index contributed by atoms with van der Waals surface area (Å²) in [5, 5.41) is 16.9. The topological polar surface area (TPSA) is 141 Å².